The predicted octanol–water partition coefficient (Wildman–Crippen LogP) is 0.505. The molecule has 0 bridgehead atoms. The summed E-state index contributed by atoms with van der Waals surface area (Å²) in [5.41, 5.74) is 5.63. The maximum atomic E-state index is 11.5. The lowest BCUT2D eigenvalue weighted by molar-refractivity contribution is -0.141. The van der Waals surface area contributed by atoms with Crippen LogP contribution < -0.4 is 11.1 Å². The monoisotopic (exact) mass is 228 g/mol. The maximum absolute atomic E-state index is 11.5. The van der Waals surface area contributed by atoms with E-state index >= 15 is 0 Å². The molecule has 2 atom stereocenters. The smallest absolute Gasteiger partial charge is 0.326 e. The van der Waals surface area contributed by atoms with Crippen molar-refractivity contribution in [3.05, 3.63) is 12.7 Å². The lowest BCUT2D eigenvalue weighted by Crippen LogP contribution is -2.48. The van der Waals surface area contributed by atoms with Crippen LogP contribution in [0, 0.1) is 5.92 Å². The van der Waals surface area contributed by atoms with E-state index in [2.05, 4.69) is 11.9 Å². The van der Waals surface area contributed by atoms with Gasteiger partial charge in [-0.1, -0.05) is 19.9 Å². The topological polar surface area (TPSA) is 92.4 Å². The van der Waals surface area contributed by atoms with Crippen molar-refractivity contribution >= 4 is 11.9 Å². The first-order valence-electron chi connectivity index (χ1n) is 5.28. The Morgan fingerprint density at radius 1 is 1.50 bits per heavy atom. The number of carbonyl (C=O) groups excluding carboxylic acids is 1. The Labute approximate surface area is 95.7 Å². The Morgan fingerprint density at radius 3 is 2.44 bits per heavy atom. The number of carboxylic acid groups (broad SMARTS) is 1. The molecule has 5 heteroatoms. The number of hydrogen-bond acceptors (Lipinski definition) is 3. The fourth-order valence-corrected chi connectivity index (χ4v) is 1.28. The summed E-state index contributed by atoms with van der Waals surface area (Å²) in [6, 6.07) is -1.60. The van der Waals surface area contributed by atoms with E-state index < -0.39 is 24.0 Å². The zero-order chi connectivity index (χ0) is 12.7. The molecule has 0 spiro atoms. The number of carbonyl (C=O) groups is 2. The molecule has 5 nitrogen and oxygen atoms in total. The van der Waals surface area contributed by atoms with Gasteiger partial charge in [0.05, 0.1) is 6.04 Å². The highest BCUT2D eigenvalue weighted by atomic mass is 16.4. The molecular formula is C11H20N2O3. The first kappa shape index (κ1) is 14.6. The van der Waals surface area contributed by atoms with Crippen LogP contribution in [0.25, 0.3) is 0 Å². The van der Waals surface area contributed by atoms with Crippen molar-refractivity contribution in [1.29, 1.82) is 0 Å². The Kier molecular flexibility index (Phi) is 6.41. The van der Waals surface area contributed by atoms with Gasteiger partial charge in [-0.2, -0.15) is 0 Å². The second-order valence-corrected chi connectivity index (χ2v) is 4.16. The number of hydrogen-bond donors (Lipinski definition) is 3. The average molecular weight is 228 g/mol. The van der Waals surface area contributed by atoms with E-state index in [-0.39, 0.29) is 6.42 Å². The second-order valence-electron chi connectivity index (χ2n) is 4.16. The van der Waals surface area contributed by atoms with Crippen molar-refractivity contribution < 1.29 is 14.7 Å². The van der Waals surface area contributed by atoms with Gasteiger partial charge < -0.3 is 16.2 Å². The van der Waals surface area contributed by atoms with Gasteiger partial charge in [-0.25, -0.2) is 4.79 Å². The molecule has 0 unspecified atom stereocenters. The Morgan fingerprint density at radius 2 is 2.06 bits per heavy atom. The van der Waals surface area contributed by atoms with Crippen LogP contribution in [0.2, 0.25) is 0 Å². The van der Waals surface area contributed by atoms with Gasteiger partial charge in [0, 0.05) is 0 Å². The molecule has 0 radical (unpaired) electrons. The number of aliphatic carboxylic acids is 1. The van der Waals surface area contributed by atoms with Crippen LogP contribution in [-0.4, -0.2) is 29.1 Å². The zero-order valence-electron chi connectivity index (χ0n) is 9.77. The number of amides is 1. The lowest BCUT2D eigenvalue weighted by atomic mass is 10.0. The minimum absolute atomic E-state index is 0.190. The number of nitrogens with one attached hydrogen (secondary N) is 1. The van der Waals surface area contributed by atoms with Crippen LogP contribution in [0.1, 0.15) is 26.7 Å². The van der Waals surface area contributed by atoms with Gasteiger partial charge >= 0.3 is 5.97 Å². The lowest BCUT2D eigenvalue weighted by Gasteiger charge is -2.17. The zero-order valence-corrected chi connectivity index (χ0v) is 9.77. The van der Waals surface area contributed by atoms with Crippen molar-refractivity contribution in [1.82, 2.24) is 5.32 Å². The molecule has 0 fully saturated rings. The highest BCUT2D eigenvalue weighted by Gasteiger charge is 2.22. The molecule has 0 aliphatic heterocycles. The minimum Gasteiger partial charge on any atom is -0.480 e. The number of carboxylic acids is 1. The molecule has 0 aliphatic carbocycles. The molecule has 4 N–H and O–H groups in total. The highest BCUT2D eigenvalue weighted by molar-refractivity contribution is 5.86. The molecule has 1 amide bonds. The van der Waals surface area contributed by atoms with E-state index in [0.717, 1.165) is 0 Å². The minimum atomic E-state index is -1.08. The van der Waals surface area contributed by atoms with Crippen molar-refractivity contribution in [3.8, 4) is 0 Å². The van der Waals surface area contributed by atoms with E-state index in [4.69, 9.17) is 10.8 Å². The van der Waals surface area contributed by atoms with Crippen LogP contribution in [-0.2, 0) is 9.59 Å². The van der Waals surface area contributed by atoms with Gasteiger partial charge in [0.2, 0.25) is 5.91 Å². The molecule has 92 valence electrons. The standard InChI is InChI=1S/C11H20N2O3/c1-4-5-9(11(15)16)13-10(14)8(12)6-7(2)3/h4,7-9H,1,5-6,12H2,2-3H3,(H,13,14)(H,15,16)/t8-,9+/m0/s1. The van der Waals surface area contributed by atoms with Crippen molar-refractivity contribution in [2.24, 2.45) is 11.7 Å². The second kappa shape index (κ2) is 7.00. The average Bonchev–Trinajstić information content (AvgIpc) is 2.15. The Bertz CT molecular complexity index is 264. The number of rotatable bonds is 7. The molecule has 0 saturated heterocycles. The van der Waals surface area contributed by atoms with Gasteiger partial charge in [-0.3, -0.25) is 4.79 Å². The Balaban J connectivity index is 4.28. The van der Waals surface area contributed by atoms with Gasteiger partial charge in [0.1, 0.15) is 6.04 Å². The van der Waals surface area contributed by atoms with E-state index in [1.807, 2.05) is 13.8 Å². The van der Waals surface area contributed by atoms with Crippen LogP contribution in [0.15, 0.2) is 12.7 Å². The SMILES string of the molecule is C=CC[C@@H](NC(=O)[C@@H](N)CC(C)C)C(=O)O. The molecule has 0 heterocycles. The van der Waals surface area contributed by atoms with Gasteiger partial charge in [-0.15, -0.1) is 6.58 Å². The summed E-state index contributed by atoms with van der Waals surface area (Å²) in [4.78, 5) is 22.3. The predicted molar refractivity (Wildman–Crippen MR) is 61.8 cm³/mol. The van der Waals surface area contributed by atoms with Gasteiger partial charge in [0.25, 0.3) is 0 Å². The van der Waals surface area contributed by atoms with E-state index in [9.17, 15) is 9.59 Å². The summed E-state index contributed by atoms with van der Waals surface area (Å²) in [7, 11) is 0. The highest BCUT2D eigenvalue weighted by Crippen LogP contribution is 2.03. The van der Waals surface area contributed by atoms with Crippen LogP contribution in [0.4, 0.5) is 0 Å². The van der Waals surface area contributed by atoms with Crippen molar-refractivity contribution in [2.75, 3.05) is 0 Å². The Hall–Kier alpha value is -1.36. The molecule has 0 aromatic carbocycles. The third-order valence-corrected chi connectivity index (χ3v) is 2.08. The fraction of sp³-hybridized carbons (Fsp3) is 0.636. The van der Waals surface area contributed by atoms with Crippen LogP contribution in [0.5, 0.6) is 0 Å². The molecule has 0 saturated carbocycles. The molecule has 0 aromatic rings. The summed E-state index contributed by atoms with van der Waals surface area (Å²) in [6.07, 6.45) is 2.18. The summed E-state index contributed by atoms with van der Waals surface area (Å²) in [6.45, 7) is 7.34. The van der Waals surface area contributed by atoms with Gasteiger partial charge in [-0.05, 0) is 18.8 Å². The summed E-state index contributed by atoms with van der Waals surface area (Å²) < 4.78 is 0. The molecular weight excluding hydrogens is 208 g/mol. The molecule has 0 rings (SSSR count). The number of nitrogens with two attached hydrogens (primary N) is 1. The first-order valence-corrected chi connectivity index (χ1v) is 5.28. The fourth-order valence-electron chi connectivity index (χ4n) is 1.28. The molecule has 0 aromatic heterocycles. The van der Waals surface area contributed by atoms with Crippen LogP contribution in [0.3, 0.4) is 0 Å². The van der Waals surface area contributed by atoms with Crippen molar-refractivity contribution in [3.63, 3.8) is 0 Å². The van der Waals surface area contributed by atoms with Crippen molar-refractivity contribution in [2.45, 2.75) is 38.8 Å². The summed E-state index contributed by atoms with van der Waals surface area (Å²) in [5, 5.41) is 11.2. The van der Waals surface area contributed by atoms with E-state index in [1.54, 1.807) is 0 Å². The molecule has 0 aliphatic rings. The third kappa shape index (κ3) is 5.50. The van der Waals surface area contributed by atoms with E-state index in [0.29, 0.717) is 12.3 Å². The van der Waals surface area contributed by atoms with Crippen LogP contribution >= 0.6 is 0 Å². The third-order valence-electron chi connectivity index (χ3n) is 2.08. The summed E-state index contributed by atoms with van der Waals surface area (Å²) in [5.74, 6) is -1.21. The molecule has 16 heavy (non-hydrogen) atoms. The van der Waals surface area contributed by atoms with E-state index in [1.165, 1.54) is 6.08 Å². The van der Waals surface area contributed by atoms with Gasteiger partial charge in [0.15, 0.2) is 0 Å². The normalized spacial score (nSPS) is 14.2. The maximum Gasteiger partial charge on any atom is 0.326 e. The quantitative estimate of drug-likeness (QED) is 0.553. The summed E-state index contributed by atoms with van der Waals surface area (Å²) >= 11 is 0. The largest absolute Gasteiger partial charge is 0.480 e. The first-order chi connectivity index (χ1) is 7.38.